The highest BCUT2D eigenvalue weighted by atomic mass is 32.1. The number of thiophene rings is 1. The number of carbonyl (C=O) groups excluding carboxylic acids is 2. The summed E-state index contributed by atoms with van der Waals surface area (Å²) in [6.07, 6.45) is 0.856. The zero-order chi connectivity index (χ0) is 20.2. The fraction of sp³-hybridized carbons (Fsp3) is 0.174. The third kappa shape index (κ3) is 4.60. The molecule has 4 rings (SSSR count). The van der Waals surface area contributed by atoms with Gasteiger partial charge in [-0.25, -0.2) is 5.43 Å². The number of nitrogens with zero attached hydrogens (tertiary/aromatic N) is 1. The van der Waals surface area contributed by atoms with E-state index in [0.29, 0.717) is 16.3 Å². The van der Waals surface area contributed by atoms with Crippen molar-refractivity contribution in [1.82, 2.24) is 5.43 Å². The van der Waals surface area contributed by atoms with E-state index in [1.165, 1.54) is 16.9 Å². The van der Waals surface area contributed by atoms with Gasteiger partial charge < -0.3 is 5.32 Å². The summed E-state index contributed by atoms with van der Waals surface area (Å²) in [5.41, 5.74) is 6.09. The Kier molecular flexibility index (Phi) is 5.53. The summed E-state index contributed by atoms with van der Waals surface area (Å²) in [5, 5.41) is 9.01. The minimum absolute atomic E-state index is 0.0228. The molecule has 1 saturated carbocycles. The summed E-state index contributed by atoms with van der Waals surface area (Å²) in [7, 11) is 0. The van der Waals surface area contributed by atoms with Crippen LogP contribution in [0, 0.1) is 5.92 Å². The van der Waals surface area contributed by atoms with E-state index in [1.807, 2.05) is 60.8 Å². The number of hydrogen-bond acceptors (Lipinski definition) is 4. The minimum Gasteiger partial charge on any atom is -0.321 e. The average Bonchev–Trinajstić information content (AvgIpc) is 3.36. The van der Waals surface area contributed by atoms with E-state index < -0.39 is 0 Å². The van der Waals surface area contributed by atoms with Gasteiger partial charge in [0.25, 0.3) is 5.91 Å². The smallest absolute Gasteiger partial charge is 0.265 e. The van der Waals surface area contributed by atoms with Crippen LogP contribution in [0.25, 0.3) is 0 Å². The quantitative estimate of drug-likeness (QED) is 0.465. The molecule has 2 aromatic carbocycles. The summed E-state index contributed by atoms with van der Waals surface area (Å²) in [6.45, 7) is 1.84. The van der Waals surface area contributed by atoms with Gasteiger partial charge in [0, 0.05) is 11.6 Å². The first-order chi connectivity index (χ1) is 14.1. The highest BCUT2D eigenvalue weighted by Gasteiger charge is 2.43. The van der Waals surface area contributed by atoms with E-state index in [1.54, 1.807) is 6.07 Å². The lowest BCUT2D eigenvalue weighted by Crippen LogP contribution is -2.21. The van der Waals surface area contributed by atoms with E-state index in [9.17, 15) is 9.59 Å². The molecule has 2 amide bonds. The molecule has 2 N–H and O–H groups in total. The number of anilines is 1. The molecule has 1 aliphatic rings. The van der Waals surface area contributed by atoms with Gasteiger partial charge in [-0.3, -0.25) is 9.59 Å². The number of hydrazone groups is 1. The first-order valence-corrected chi connectivity index (χ1v) is 10.3. The van der Waals surface area contributed by atoms with E-state index in [-0.39, 0.29) is 23.7 Å². The fourth-order valence-corrected chi connectivity index (χ4v) is 3.88. The molecule has 0 radical (unpaired) electrons. The van der Waals surface area contributed by atoms with Crippen LogP contribution >= 0.6 is 11.3 Å². The predicted octanol–water partition coefficient (Wildman–Crippen LogP) is 4.64. The van der Waals surface area contributed by atoms with Gasteiger partial charge in [0.2, 0.25) is 5.91 Å². The van der Waals surface area contributed by atoms with Crippen molar-refractivity contribution in [1.29, 1.82) is 0 Å². The lowest BCUT2D eigenvalue weighted by atomic mass is 10.1. The maximum atomic E-state index is 12.4. The maximum absolute atomic E-state index is 12.4. The topological polar surface area (TPSA) is 70.6 Å². The van der Waals surface area contributed by atoms with Crippen LogP contribution in [0.2, 0.25) is 0 Å². The first kappa shape index (κ1) is 19.1. The van der Waals surface area contributed by atoms with Gasteiger partial charge in [0.05, 0.1) is 10.6 Å². The van der Waals surface area contributed by atoms with Gasteiger partial charge in [-0.05, 0) is 54.0 Å². The van der Waals surface area contributed by atoms with Crippen LogP contribution in [0.5, 0.6) is 0 Å². The number of rotatable bonds is 6. The zero-order valence-electron chi connectivity index (χ0n) is 16.0. The Labute approximate surface area is 173 Å². The Morgan fingerprint density at radius 2 is 1.86 bits per heavy atom. The molecular formula is C23H21N3O2S. The third-order valence-electron chi connectivity index (χ3n) is 4.97. The Bertz CT molecular complexity index is 1050. The molecule has 2 atom stereocenters. The molecule has 146 valence electrons. The van der Waals surface area contributed by atoms with Crippen LogP contribution in [0.4, 0.5) is 5.69 Å². The summed E-state index contributed by atoms with van der Waals surface area (Å²) < 4.78 is 0. The molecule has 1 aromatic heterocycles. The van der Waals surface area contributed by atoms with Crippen LogP contribution in [0.3, 0.4) is 0 Å². The Morgan fingerprint density at radius 3 is 2.62 bits per heavy atom. The Morgan fingerprint density at radius 1 is 1.03 bits per heavy atom. The van der Waals surface area contributed by atoms with E-state index in [2.05, 4.69) is 28.0 Å². The highest BCUT2D eigenvalue weighted by molar-refractivity contribution is 7.12. The SMILES string of the molecule is C/C(=N\NC(=O)[C@@H]1C[C@H]1c1ccccc1)c1cccc(NC(=O)c2cccs2)c1. The second-order valence-electron chi connectivity index (χ2n) is 7.04. The number of carbonyl (C=O) groups is 2. The van der Waals surface area contributed by atoms with Gasteiger partial charge in [-0.1, -0.05) is 48.5 Å². The van der Waals surface area contributed by atoms with Crippen molar-refractivity contribution in [2.75, 3.05) is 5.32 Å². The summed E-state index contributed by atoms with van der Waals surface area (Å²) in [5.74, 6) is 0.0638. The van der Waals surface area contributed by atoms with Gasteiger partial charge in [0.15, 0.2) is 0 Å². The number of benzene rings is 2. The monoisotopic (exact) mass is 403 g/mol. The molecular weight excluding hydrogens is 382 g/mol. The minimum atomic E-state index is -0.138. The van der Waals surface area contributed by atoms with Crippen molar-refractivity contribution in [3.63, 3.8) is 0 Å². The van der Waals surface area contributed by atoms with Crippen molar-refractivity contribution in [3.05, 3.63) is 88.1 Å². The summed E-state index contributed by atoms with van der Waals surface area (Å²) >= 11 is 1.40. The highest BCUT2D eigenvalue weighted by Crippen LogP contribution is 2.47. The normalized spacial score (nSPS) is 18.2. The number of nitrogens with one attached hydrogen (secondary N) is 2. The molecule has 5 nitrogen and oxygen atoms in total. The zero-order valence-corrected chi connectivity index (χ0v) is 16.8. The van der Waals surface area contributed by atoms with Crippen LogP contribution in [-0.4, -0.2) is 17.5 Å². The largest absolute Gasteiger partial charge is 0.321 e. The molecule has 0 unspecified atom stereocenters. The number of amides is 2. The Hall–Kier alpha value is -3.25. The molecule has 1 aliphatic carbocycles. The molecule has 3 aromatic rings. The molecule has 1 heterocycles. The van der Waals surface area contributed by atoms with Gasteiger partial charge in [-0.2, -0.15) is 5.10 Å². The summed E-state index contributed by atoms with van der Waals surface area (Å²) in [4.78, 5) is 25.3. The van der Waals surface area contributed by atoms with Crippen molar-refractivity contribution in [2.24, 2.45) is 11.0 Å². The van der Waals surface area contributed by atoms with E-state index in [0.717, 1.165) is 12.0 Å². The predicted molar refractivity (Wildman–Crippen MR) is 116 cm³/mol. The van der Waals surface area contributed by atoms with Crippen molar-refractivity contribution in [2.45, 2.75) is 19.3 Å². The van der Waals surface area contributed by atoms with Crippen LogP contribution in [-0.2, 0) is 4.79 Å². The second kappa shape index (κ2) is 8.41. The van der Waals surface area contributed by atoms with Gasteiger partial charge >= 0.3 is 0 Å². The third-order valence-corrected chi connectivity index (χ3v) is 5.84. The van der Waals surface area contributed by atoms with E-state index >= 15 is 0 Å². The standard InChI is InChI=1S/C23H21N3O2S/c1-15(25-26-22(27)20-14-19(20)16-7-3-2-4-8-16)17-9-5-10-18(13-17)24-23(28)21-11-6-12-29-21/h2-13,19-20H,14H2,1H3,(H,24,28)(H,26,27)/b25-15+/t19-,20+/m0/s1. The molecule has 0 aliphatic heterocycles. The van der Waals surface area contributed by atoms with Crippen molar-refractivity contribution < 1.29 is 9.59 Å². The lowest BCUT2D eigenvalue weighted by molar-refractivity contribution is -0.122. The van der Waals surface area contributed by atoms with Crippen molar-refractivity contribution in [3.8, 4) is 0 Å². The van der Waals surface area contributed by atoms with Crippen LogP contribution < -0.4 is 10.7 Å². The molecule has 1 fully saturated rings. The molecule has 0 saturated heterocycles. The van der Waals surface area contributed by atoms with E-state index in [4.69, 9.17) is 0 Å². The van der Waals surface area contributed by atoms with Gasteiger partial charge in [0.1, 0.15) is 0 Å². The lowest BCUT2D eigenvalue weighted by Gasteiger charge is -2.07. The number of hydrogen-bond donors (Lipinski definition) is 2. The first-order valence-electron chi connectivity index (χ1n) is 9.46. The Balaban J connectivity index is 1.37. The van der Waals surface area contributed by atoms with Crippen LogP contribution in [0.1, 0.15) is 40.1 Å². The van der Waals surface area contributed by atoms with Gasteiger partial charge in [-0.15, -0.1) is 11.3 Å². The fourth-order valence-electron chi connectivity index (χ4n) is 3.26. The van der Waals surface area contributed by atoms with Crippen molar-refractivity contribution >= 4 is 34.6 Å². The molecule has 6 heteroatoms. The second-order valence-corrected chi connectivity index (χ2v) is 7.99. The average molecular weight is 404 g/mol. The summed E-state index contributed by atoms with van der Waals surface area (Å²) in [6, 6.07) is 21.1. The maximum Gasteiger partial charge on any atom is 0.265 e. The molecule has 0 spiro atoms. The molecule has 29 heavy (non-hydrogen) atoms. The van der Waals surface area contributed by atoms with Crippen LogP contribution in [0.15, 0.2) is 77.2 Å². The molecule has 0 bridgehead atoms.